The topological polar surface area (TPSA) is 73.6 Å². The third-order valence-electron chi connectivity index (χ3n) is 2.88. The number of hydrogen-bond acceptors (Lipinski definition) is 4. The highest BCUT2D eigenvalue weighted by molar-refractivity contribution is 5.91. The number of rotatable bonds is 6. The van der Waals surface area contributed by atoms with Crippen molar-refractivity contribution in [2.75, 3.05) is 19.0 Å². The molecule has 2 aromatic carbocycles. The van der Waals surface area contributed by atoms with E-state index in [0.29, 0.717) is 18.0 Å². The van der Waals surface area contributed by atoms with E-state index in [1.165, 1.54) is 0 Å². The Kier molecular flexibility index (Phi) is 5.17. The maximum Gasteiger partial charge on any atom is 0.262 e. The number of nitrogens with two attached hydrogens (primary N) is 1. The van der Waals surface area contributed by atoms with Gasteiger partial charge in [0.1, 0.15) is 11.5 Å². The van der Waals surface area contributed by atoms with E-state index in [0.717, 1.165) is 11.3 Å². The number of methoxy groups -OCH3 is 1. The average Bonchev–Trinajstić information content (AvgIpc) is 2.53. The zero-order valence-electron chi connectivity index (χ0n) is 11.8. The Morgan fingerprint density at radius 1 is 1.14 bits per heavy atom. The van der Waals surface area contributed by atoms with Crippen LogP contribution in [0.25, 0.3) is 0 Å². The highest BCUT2D eigenvalue weighted by Gasteiger charge is 2.04. The lowest BCUT2D eigenvalue weighted by atomic mass is 10.2. The molecule has 0 radical (unpaired) electrons. The van der Waals surface area contributed by atoms with Crippen molar-refractivity contribution in [2.45, 2.75) is 6.54 Å². The maximum absolute atomic E-state index is 11.8. The quantitative estimate of drug-likeness (QED) is 0.853. The standard InChI is InChI=1S/C16H18N2O3/c1-20-14-5-7-15(8-6-14)21-11-16(19)18-13-4-2-3-12(9-13)10-17/h2-9H,10-11,17H2,1H3,(H,18,19). The molecule has 21 heavy (non-hydrogen) atoms. The molecule has 0 aliphatic heterocycles. The first-order valence-electron chi connectivity index (χ1n) is 6.57. The van der Waals surface area contributed by atoms with Crippen LogP contribution in [0.4, 0.5) is 5.69 Å². The van der Waals surface area contributed by atoms with E-state index in [-0.39, 0.29) is 12.5 Å². The zero-order chi connectivity index (χ0) is 15.1. The molecular formula is C16H18N2O3. The zero-order valence-corrected chi connectivity index (χ0v) is 11.8. The molecule has 0 unspecified atom stereocenters. The summed E-state index contributed by atoms with van der Waals surface area (Å²) in [6.07, 6.45) is 0. The Bertz CT molecular complexity index is 597. The van der Waals surface area contributed by atoms with Crippen molar-refractivity contribution in [3.8, 4) is 11.5 Å². The average molecular weight is 286 g/mol. The van der Waals surface area contributed by atoms with E-state index in [1.54, 1.807) is 31.4 Å². The third-order valence-corrected chi connectivity index (χ3v) is 2.88. The molecule has 0 heterocycles. The van der Waals surface area contributed by atoms with Gasteiger partial charge < -0.3 is 20.5 Å². The van der Waals surface area contributed by atoms with Crippen molar-refractivity contribution in [3.63, 3.8) is 0 Å². The molecule has 2 rings (SSSR count). The predicted molar refractivity (Wildman–Crippen MR) is 81.5 cm³/mol. The Labute approximate surface area is 123 Å². The van der Waals surface area contributed by atoms with Gasteiger partial charge in [-0.25, -0.2) is 0 Å². The molecule has 0 aliphatic rings. The van der Waals surface area contributed by atoms with E-state index in [4.69, 9.17) is 15.2 Å². The van der Waals surface area contributed by atoms with Crippen LogP contribution in [-0.2, 0) is 11.3 Å². The summed E-state index contributed by atoms with van der Waals surface area (Å²) in [6, 6.07) is 14.5. The van der Waals surface area contributed by atoms with Crippen LogP contribution in [-0.4, -0.2) is 19.6 Å². The molecule has 0 aliphatic carbocycles. The summed E-state index contributed by atoms with van der Waals surface area (Å²) in [6.45, 7) is 0.380. The second kappa shape index (κ2) is 7.31. The van der Waals surface area contributed by atoms with Crippen LogP contribution in [0.15, 0.2) is 48.5 Å². The van der Waals surface area contributed by atoms with Crippen LogP contribution in [0.3, 0.4) is 0 Å². The minimum atomic E-state index is -0.222. The predicted octanol–water partition coefficient (Wildman–Crippen LogP) is 2.17. The van der Waals surface area contributed by atoms with Gasteiger partial charge in [0, 0.05) is 12.2 Å². The Balaban J connectivity index is 1.86. The first kappa shape index (κ1) is 14.9. The van der Waals surface area contributed by atoms with Gasteiger partial charge in [-0.3, -0.25) is 4.79 Å². The number of amides is 1. The molecule has 0 spiro atoms. The summed E-state index contributed by atoms with van der Waals surface area (Å²) in [7, 11) is 1.60. The van der Waals surface area contributed by atoms with Crippen molar-refractivity contribution in [1.29, 1.82) is 0 Å². The first-order chi connectivity index (χ1) is 10.2. The number of hydrogen-bond donors (Lipinski definition) is 2. The van der Waals surface area contributed by atoms with E-state index in [1.807, 2.05) is 24.3 Å². The summed E-state index contributed by atoms with van der Waals surface area (Å²) in [5.74, 6) is 1.13. The van der Waals surface area contributed by atoms with Crippen LogP contribution in [0, 0.1) is 0 Å². The molecular weight excluding hydrogens is 268 g/mol. The molecule has 5 heteroatoms. The molecule has 0 atom stereocenters. The lowest BCUT2D eigenvalue weighted by Crippen LogP contribution is -2.20. The second-order valence-electron chi connectivity index (χ2n) is 4.42. The summed E-state index contributed by atoms with van der Waals surface area (Å²) >= 11 is 0. The van der Waals surface area contributed by atoms with E-state index < -0.39 is 0 Å². The van der Waals surface area contributed by atoms with Gasteiger partial charge in [0.05, 0.1) is 7.11 Å². The fraction of sp³-hybridized carbons (Fsp3) is 0.188. The van der Waals surface area contributed by atoms with E-state index >= 15 is 0 Å². The van der Waals surface area contributed by atoms with E-state index in [2.05, 4.69) is 5.32 Å². The Hall–Kier alpha value is -2.53. The third kappa shape index (κ3) is 4.50. The van der Waals surface area contributed by atoms with Gasteiger partial charge in [0.15, 0.2) is 6.61 Å². The van der Waals surface area contributed by atoms with Gasteiger partial charge >= 0.3 is 0 Å². The SMILES string of the molecule is COc1ccc(OCC(=O)Nc2cccc(CN)c2)cc1. The van der Waals surface area contributed by atoms with Gasteiger partial charge in [-0.2, -0.15) is 0 Å². The Morgan fingerprint density at radius 3 is 2.52 bits per heavy atom. The molecule has 5 nitrogen and oxygen atoms in total. The van der Waals surface area contributed by atoms with Crippen molar-refractivity contribution in [1.82, 2.24) is 0 Å². The summed E-state index contributed by atoms with van der Waals surface area (Å²) in [4.78, 5) is 11.8. The normalized spacial score (nSPS) is 10.0. The fourth-order valence-electron chi connectivity index (χ4n) is 1.79. The molecule has 3 N–H and O–H groups in total. The monoisotopic (exact) mass is 286 g/mol. The van der Waals surface area contributed by atoms with Crippen molar-refractivity contribution in [3.05, 3.63) is 54.1 Å². The summed E-state index contributed by atoms with van der Waals surface area (Å²) in [5, 5.41) is 2.77. The second-order valence-corrected chi connectivity index (χ2v) is 4.42. The number of anilines is 1. The molecule has 1 amide bonds. The minimum Gasteiger partial charge on any atom is -0.497 e. The van der Waals surface area contributed by atoms with Crippen LogP contribution in [0.2, 0.25) is 0 Å². The van der Waals surface area contributed by atoms with Crippen molar-refractivity contribution < 1.29 is 14.3 Å². The molecule has 0 saturated heterocycles. The lowest BCUT2D eigenvalue weighted by Gasteiger charge is -2.09. The van der Waals surface area contributed by atoms with Crippen LogP contribution < -0.4 is 20.5 Å². The van der Waals surface area contributed by atoms with Crippen LogP contribution in [0.5, 0.6) is 11.5 Å². The van der Waals surface area contributed by atoms with Crippen molar-refractivity contribution >= 4 is 11.6 Å². The van der Waals surface area contributed by atoms with Gasteiger partial charge in [0.25, 0.3) is 5.91 Å². The molecule has 2 aromatic rings. The molecule has 0 saturated carbocycles. The van der Waals surface area contributed by atoms with Crippen molar-refractivity contribution in [2.24, 2.45) is 5.73 Å². The van der Waals surface area contributed by atoms with E-state index in [9.17, 15) is 4.79 Å². The minimum absolute atomic E-state index is 0.0564. The summed E-state index contributed by atoms with van der Waals surface area (Å²) < 4.78 is 10.5. The maximum atomic E-state index is 11.8. The smallest absolute Gasteiger partial charge is 0.262 e. The van der Waals surface area contributed by atoms with Gasteiger partial charge in [-0.1, -0.05) is 12.1 Å². The summed E-state index contributed by atoms with van der Waals surface area (Å²) in [5.41, 5.74) is 7.23. The molecule has 0 bridgehead atoms. The number of benzene rings is 2. The number of nitrogens with one attached hydrogen (secondary N) is 1. The van der Waals surface area contributed by atoms with Gasteiger partial charge in [0.2, 0.25) is 0 Å². The van der Waals surface area contributed by atoms with Crippen LogP contribution >= 0.6 is 0 Å². The highest BCUT2D eigenvalue weighted by Crippen LogP contribution is 2.17. The fourth-order valence-corrected chi connectivity index (χ4v) is 1.79. The largest absolute Gasteiger partial charge is 0.497 e. The number of carbonyl (C=O) groups excluding carboxylic acids is 1. The Morgan fingerprint density at radius 2 is 1.86 bits per heavy atom. The lowest BCUT2D eigenvalue weighted by molar-refractivity contribution is -0.118. The first-order valence-corrected chi connectivity index (χ1v) is 6.57. The molecule has 0 fully saturated rings. The van der Waals surface area contributed by atoms with Gasteiger partial charge in [-0.05, 0) is 42.0 Å². The van der Waals surface area contributed by atoms with Gasteiger partial charge in [-0.15, -0.1) is 0 Å². The number of carbonyl (C=O) groups is 1. The number of ether oxygens (including phenoxy) is 2. The highest BCUT2D eigenvalue weighted by atomic mass is 16.5. The molecule has 110 valence electrons. The van der Waals surface area contributed by atoms with Crippen LogP contribution in [0.1, 0.15) is 5.56 Å². The molecule has 0 aromatic heterocycles.